The lowest BCUT2D eigenvalue weighted by Crippen LogP contribution is -2.40. The van der Waals surface area contributed by atoms with Gasteiger partial charge >= 0.3 is 5.97 Å². The topological polar surface area (TPSA) is 91.8 Å². The average Bonchev–Trinajstić information content (AvgIpc) is 2.77. The number of nitrogens with one attached hydrogen (secondary N) is 1. The summed E-state index contributed by atoms with van der Waals surface area (Å²) in [6, 6.07) is 3.93. The highest BCUT2D eigenvalue weighted by Crippen LogP contribution is 2.30. The van der Waals surface area contributed by atoms with Gasteiger partial charge in [0.2, 0.25) is 0 Å². The lowest BCUT2D eigenvalue weighted by molar-refractivity contribution is -0.143. The molecule has 3 heterocycles. The molecule has 2 aliphatic rings. The van der Waals surface area contributed by atoms with Crippen LogP contribution in [-0.2, 0) is 9.53 Å². The Bertz CT molecular complexity index is 739. The SMILES string of the molecule is CCCSc1nc(N2CCC[C@@H](C(C)C(=O)O)C2)ccc1C(=O)NC1CCOCC1. The molecule has 1 aromatic rings. The number of hydrogen-bond donors (Lipinski definition) is 2. The fourth-order valence-corrected chi connectivity index (χ4v) is 4.89. The number of aliphatic carboxylic acids is 1. The van der Waals surface area contributed by atoms with Gasteiger partial charge in [0, 0.05) is 32.3 Å². The second-order valence-corrected chi connectivity index (χ2v) is 9.29. The van der Waals surface area contributed by atoms with Crippen molar-refractivity contribution in [1.82, 2.24) is 10.3 Å². The molecule has 1 aromatic heterocycles. The summed E-state index contributed by atoms with van der Waals surface area (Å²) in [7, 11) is 0. The number of pyridine rings is 1. The number of ether oxygens (including phenoxy) is 1. The van der Waals surface area contributed by atoms with Gasteiger partial charge in [0.25, 0.3) is 5.91 Å². The molecule has 3 rings (SSSR count). The van der Waals surface area contributed by atoms with E-state index in [1.54, 1.807) is 18.7 Å². The molecule has 7 nitrogen and oxygen atoms in total. The summed E-state index contributed by atoms with van der Waals surface area (Å²) in [5.41, 5.74) is 0.621. The van der Waals surface area contributed by atoms with Crippen LogP contribution in [0.4, 0.5) is 5.82 Å². The number of carboxylic acid groups (broad SMARTS) is 1. The van der Waals surface area contributed by atoms with Gasteiger partial charge in [-0.05, 0) is 55.9 Å². The normalized spacial score (nSPS) is 21.3. The summed E-state index contributed by atoms with van der Waals surface area (Å²) in [5.74, 6) is 0.655. The number of piperidine rings is 1. The maximum atomic E-state index is 12.9. The summed E-state index contributed by atoms with van der Waals surface area (Å²) in [6.07, 6.45) is 4.55. The van der Waals surface area contributed by atoms with Crippen molar-refractivity contribution < 1.29 is 19.4 Å². The molecule has 0 spiro atoms. The average molecular weight is 436 g/mol. The van der Waals surface area contributed by atoms with E-state index in [2.05, 4.69) is 17.1 Å². The van der Waals surface area contributed by atoms with E-state index in [0.717, 1.165) is 55.2 Å². The number of thioether (sulfide) groups is 1. The number of rotatable bonds is 8. The highest BCUT2D eigenvalue weighted by molar-refractivity contribution is 7.99. The standard InChI is InChI=1S/C22H33N3O4S/c1-3-13-30-21-18(20(26)23-17-8-11-29-12-9-17)6-7-19(24-21)25-10-4-5-16(14-25)15(2)22(27)28/h6-7,15-17H,3-5,8-14H2,1-2H3,(H,23,26)(H,27,28)/t15?,16-/m1/s1. The van der Waals surface area contributed by atoms with Crippen molar-refractivity contribution in [2.75, 3.05) is 37.0 Å². The van der Waals surface area contributed by atoms with E-state index in [9.17, 15) is 14.7 Å². The second-order valence-electron chi connectivity index (χ2n) is 8.21. The lowest BCUT2D eigenvalue weighted by atomic mass is 9.86. The minimum Gasteiger partial charge on any atom is -0.481 e. The molecule has 1 amide bonds. The van der Waals surface area contributed by atoms with Crippen LogP contribution in [0.3, 0.4) is 0 Å². The van der Waals surface area contributed by atoms with Crippen LogP contribution in [0.1, 0.15) is 56.3 Å². The largest absolute Gasteiger partial charge is 0.481 e. The van der Waals surface area contributed by atoms with Crippen molar-refractivity contribution in [2.45, 2.75) is 57.0 Å². The zero-order valence-corrected chi connectivity index (χ0v) is 18.7. The van der Waals surface area contributed by atoms with Crippen LogP contribution in [0.15, 0.2) is 17.2 Å². The van der Waals surface area contributed by atoms with E-state index < -0.39 is 5.97 Å². The smallest absolute Gasteiger partial charge is 0.306 e. The second kappa shape index (κ2) is 11.0. The first-order valence-corrected chi connectivity index (χ1v) is 12.0. The molecule has 2 fully saturated rings. The van der Waals surface area contributed by atoms with Gasteiger partial charge in [-0.15, -0.1) is 11.8 Å². The number of amides is 1. The van der Waals surface area contributed by atoms with E-state index >= 15 is 0 Å². The first kappa shape index (κ1) is 22.9. The Balaban J connectivity index is 1.76. The van der Waals surface area contributed by atoms with Crippen molar-refractivity contribution in [3.63, 3.8) is 0 Å². The van der Waals surface area contributed by atoms with E-state index in [1.165, 1.54) is 0 Å². The Morgan fingerprint density at radius 1 is 1.33 bits per heavy atom. The molecule has 0 aromatic carbocycles. The number of carboxylic acids is 1. The Morgan fingerprint density at radius 2 is 2.10 bits per heavy atom. The van der Waals surface area contributed by atoms with Crippen molar-refractivity contribution in [3.8, 4) is 0 Å². The molecule has 2 atom stereocenters. The predicted molar refractivity (Wildman–Crippen MR) is 118 cm³/mol. The van der Waals surface area contributed by atoms with Crippen LogP contribution in [0.5, 0.6) is 0 Å². The number of anilines is 1. The summed E-state index contributed by atoms with van der Waals surface area (Å²) in [4.78, 5) is 31.3. The summed E-state index contributed by atoms with van der Waals surface area (Å²) >= 11 is 1.61. The van der Waals surface area contributed by atoms with Crippen LogP contribution in [0, 0.1) is 11.8 Å². The van der Waals surface area contributed by atoms with E-state index in [1.807, 2.05) is 12.1 Å². The van der Waals surface area contributed by atoms with E-state index in [-0.39, 0.29) is 23.8 Å². The van der Waals surface area contributed by atoms with Crippen molar-refractivity contribution in [1.29, 1.82) is 0 Å². The molecule has 2 saturated heterocycles. The quantitative estimate of drug-likeness (QED) is 0.605. The first-order valence-electron chi connectivity index (χ1n) is 11.0. The van der Waals surface area contributed by atoms with E-state index in [0.29, 0.717) is 25.3 Å². The zero-order chi connectivity index (χ0) is 21.5. The summed E-state index contributed by atoms with van der Waals surface area (Å²) < 4.78 is 5.38. The number of hydrogen-bond acceptors (Lipinski definition) is 6. The lowest BCUT2D eigenvalue weighted by Gasteiger charge is -2.35. The molecule has 2 aliphatic heterocycles. The van der Waals surface area contributed by atoms with Gasteiger partial charge in [-0.25, -0.2) is 4.98 Å². The molecule has 30 heavy (non-hydrogen) atoms. The molecular formula is C22H33N3O4S. The molecule has 0 radical (unpaired) electrons. The monoisotopic (exact) mass is 435 g/mol. The third kappa shape index (κ3) is 5.88. The fraction of sp³-hybridized carbons (Fsp3) is 0.682. The van der Waals surface area contributed by atoms with Crippen molar-refractivity contribution in [3.05, 3.63) is 17.7 Å². The van der Waals surface area contributed by atoms with Gasteiger partial charge in [0.1, 0.15) is 10.8 Å². The van der Waals surface area contributed by atoms with Crippen molar-refractivity contribution in [2.24, 2.45) is 11.8 Å². The molecule has 0 bridgehead atoms. The molecule has 166 valence electrons. The number of nitrogens with zero attached hydrogens (tertiary/aromatic N) is 2. The Labute approximate surface area is 183 Å². The van der Waals surface area contributed by atoms with E-state index in [4.69, 9.17) is 9.72 Å². The zero-order valence-electron chi connectivity index (χ0n) is 17.9. The molecule has 0 saturated carbocycles. The Kier molecular flexibility index (Phi) is 8.39. The third-order valence-corrected chi connectivity index (χ3v) is 7.17. The van der Waals surface area contributed by atoms with Crippen molar-refractivity contribution >= 4 is 29.5 Å². The molecule has 0 aliphatic carbocycles. The van der Waals surface area contributed by atoms with Gasteiger partial charge in [-0.2, -0.15) is 0 Å². The maximum Gasteiger partial charge on any atom is 0.306 e. The highest BCUT2D eigenvalue weighted by atomic mass is 32.2. The minimum atomic E-state index is -0.742. The number of carbonyl (C=O) groups is 2. The predicted octanol–water partition coefficient (Wildman–Crippen LogP) is 3.43. The van der Waals surface area contributed by atoms with Gasteiger partial charge in [-0.1, -0.05) is 13.8 Å². The minimum absolute atomic E-state index is 0.0735. The first-order chi connectivity index (χ1) is 14.5. The number of carbonyl (C=O) groups excluding carboxylic acids is 1. The van der Waals surface area contributed by atoms with Gasteiger partial charge in [0.05, 0.1) is 11.5 Å². The Morgan fingerprint density at radius 3 is 2.80 bits per heavy atom. The Hall–Kier alpha value is -1.80. The summed E-state index contributed by atoms with van der Waals surface area (Å²) in [5, 5.41) is 13.3. The van der Waals surface area contributed by atoms with Gasteiger partial charge in [0.15, 0.2) is 0 Å². The van der Waals surface area contributed by atoms with Crippen LogP contribution >= 0.6 is 11.8 Å². The van der Waals surface area contributed by atoms with Gasteiger partial charge < -0.3 is 20.1 Å². The third-order valence-electron chi connectivity index (χ3n) is 5.97. The maximum absolute atomic E-state index is 12.9. The summed E-state index contributed by atoms with van der Waals surface area (Å²) in [6.45, 7) is 6.82. The highest BCUT2D eigenvalue weighted by Gasteiger charge is 2.30. The van der Waals surface area contributed by atoms with Crippen LogP contribution in [0.2, 0.25) is 0 Å². The molecule has 1 unspecified atom stereocenters. The number of aromatic nitrogens is 1. The van der Waals surface area contributed by atoms with Gasteiger partial charge in [-0.3, -0.25) is 9.59 Å². The molecule has 2 N–H and O–H groups in total. The van der Waals surface area contributed by atoms with Crippen LogP contribution in [-0.4, -0.2) is 60.1 Å². The molecular weight excluding hydrogens is 402 g/mol. The van der Waals surface area contributed by atoms with Crippen LogP contribution < -0.4 is 10.2 Å². The molecule has 8 heteroatoms. The van der Waals surface area contributed by atoms with Crippen LogP contribution in [0.25, 0.3) is 0 Å². The fourth-order valence-electron chi connectivity index (χ4n) is 4.02.